The summed E-state index contributed by atoms with van der Waals surface area (Å²) < 4.78 is 51.5. The number of thiazole rings is 1. The van der Waals surface area contributed by atoms with Crippen LogP contribution < -0.4 is 15.8 Å². The van der Waals surface area contributed by atoms with Gasteiger partial charge in [0.1, 0.15) is 34.2 Å². The van der Waals surface area contributed by atoms with Crippen molar-refractivity contribution < 1.29 is 32.6 Å². The fraction of sp³-hybridized carbons (Fsp3) is 0.212. The first kappa shape index (κ1) is 32.9. The molecule has 5 rings (SSSR count). The van der Waals surface area contributed by atoms with Crippen LogP contribution in [0, 0.1) is 24.4 Å². The van der Waals surface area contributed by atoms with E-state index in [0.29, 0.717) is 22.0 Å². The molecule has 0 bridgehead atoms. The number of rotatable bonds is 9. The van der Waals surface area contributed by atoms with Gasteiger partial charge >= 0.3 is 0 Å². The van der Waals surface area contributed by atoms with Crippen LogP contribution in [0.2, 0.25) is 5.02 Å². The molecule has 0 fully saturated rings. The van der Waals surface area contributed by atoms with Crippen LogP contribution in [-0.2, 0) is 15.8 Å². The maximum atomic E-state index is 16.2. The minimum absolute atomic E-state index is 0.217. The van der Waals surface area contributed by atoms with Gasteiger partial charge in [-0.05, 0) is 50.6 Å². The number of pyridine rings is 1. The van der Waals surface area contributed by atoms with Gasteiger partial charge in [0.15, 0.2) is 5.82 Å². The van der Waals surface area contributed by atoms with E-state index in [1.165, 1.54) is 38.4 Å². The van der Waals surface area contributed by atoms with Crippen molar-refractivity contribution in [2.45, 2.75) is 31.8 Å². The number of amides is 2. The summed E-state index contributed by atoms with van der Waals surface area (Å²) in [5.41, 5.74) is 1.06. The van der Waals surface area contributed by atoms with Crippen molar-refractivity contribution in [1.29, 1.82) is 0 Å². The van der Waals surface area contributed by atoms with Crippen LogP contribution in [-0.4, -0.2) is 40.5 Å². The molecule has 0 aliphatic carbocycles. The molecule has 3 aromatic carbocycles. The minimum atomic E-state index is -2.17. The van der Waals surface area contributed by atoms with E-state index in [1.54, 1.807) is 36.4 Å². The van der Waals surface area contributed by atoms with Gasteiger partial charge in [-0.3, -0.25) is 9.59 Å². The molecule has 0 unspecified atom stereocenters. The highest BCUT2D eigenvalue weighted by Gasteiger charge is 2.39. The number of nitrogens with two attached hydrogens (primary N) is 1. The normalized spacial score (nSPS) is 13.0. The smallest absolute Gasteiger partial charge is 0.251 e. The summed E-state index contributed by atoms with van der Waals surface area (Å²) in [5.74, 6) is -4.53. The zero-order valence-electron chi connectivity index (χ0n) is 25.0. The predicted molar refractivity (Wildman–Crippen MR) is 169 cm³/mol. The second kappa shape index (κ2) is 12.3. The van der Waals surface area contributed by atoms with Crippen LogP contribution in [0.5, 0.6) is 5.75 Å². The third kappa shape index (κ3) is 5.91. The molecule has 1 atom stereocenters. The number of carbonyl (C=O) groups is 2. The highest BCUT2D eigenvalue weighted by Crippen LogP contribution is 2.39. The quantitative estimate of drug-likeness (QED) is 0.161. The molecule has 5 aromatic rings. The monoisotopic (exact) mass is 668 g/mol. The summed E-state index contributed by atoms with van der Waals surface area (Å²) in [6.45, 7) is 4.03. The number of methoxy groups -OCH3 is 1. The number of hydrogen-bond donors (Lipinski definition) is 3. The van der Waals surface area contributed by atoms with E-state index in [4.69, 9.17) is 22.1 Å². The Morgan fingerprint density at radius 1 is 1.04 bits per heavy atom. The first-order valence-electron chi connectivity index (χ1n) is 13.8. The largest absolute Gasteiger partial charge is 0.494 e. The van der Waals surface area contributed by atoms with E-state index in [-0.39, 0.29) is 22.4 Å². The lowest BCUT2D eigenvalue weighted by Gasteiger charge is -2.31. The molecule has 0 spiro atoms. The summed E-state index contributed by atoms with van der Waals surface area (Å²) in [6.07, 6.45) is 0. The van der Waals surface area contributed by atoms with Gasteiger partial charge in [-0.15, -0.1) is 11.3 Å². The Morgan fingerprint density at radius 2 is 1.74 bits per heavy atom. The van der Waals surface area contributed by atoms with Gasteiger partial charge in [0.25, 0.3) is 5.91 Å². The average Bonchev–Trinajstić information content (AvgIpc) is 3.41. The Bertz CT molecular complexity index is 2000. The van der Waals surface area contributed by atoms with E-state index in [2.05, 4.69) is 15.3 Å². The van der Waals surface area contributed by atoms with E-state index in [1.807, 2.05) is 6.92 Å². The number of fused-ring (bicyclic) bond motifs is 1. The Balaban J connectivity index is 1.68. The number of primary amides is 1. The maximum Gasteiger partial charge on any atom is 0.251 e. The summed E-state index contributed by atoms with van der Waals surface area (Å²) in [7, 11) is 1.46. The van der Waals surface area contributed by atoms with Gasteiger partial charge < -0.3 is 20.9 Å². The van der Waals surface area contributed by atoms with Crippen molar-refractivity contribution in [2.75, 3.05) is 13.7 Å². The van der Waals surface area contributed by atoms with Gasteiger partial charge in [0.2, 0.25) is 5.91 Å². The second-order valence-corrected chi connectivity index (χ2v) is 12.8. The average molecular weight is 669 g/mol. The lowest BCUT2D eigenvalue weighted by Crippen LogP contribution is -2.43. The van der Waals surface area contributed by atoms with Gasteiger partial charge in [0.05, 0.1) is 39.5 Å². The topological polar surface area (TPSA) is 127 Å². The standard InChI is InChI=1S/C33H28ClF3N4O4S/c1-16-40-29-24(45-4)10-17(11-25(29)46-16)30(42)39-15-33(44,18-8-6-5-7-9-18)26-13-20(32(2,3)31(38)43)27(37)28(41-26)19-12-21(34)23(36)14-22(19)35/h5-14,44H,15H2,1-4H3,(H2,38,43)(H,39,42)/t33-/m1/s1. The predicted octanol–water partition coefficient (Wildman–Crippen LogP) is 6.17. The number of aromatic nitrogens is 2. The molecule has 2 aromatic heterocycles. The Kier molecular flexibility index (Phi) is 8.82. The van der Waals surface area contributed by atoms with E-state index in [9.17, 15) is 19.1 Å². The van der Waals surface area contributed by atoms with Gasteiger partial charge in [-0.25, -0.2) is 23.1 Å². The molecule has 0 aliphatic rings. The Labute approximate surface area is 271 Å². The zero-order valence-corrected chi connectivity index (χ0v) is 26.6. The molecule has 8 nitrogen and oxygen atoms in total. The first-order chi connectivity index (χ1) is 21.7. The Hall–Kier alpha value is -4.52. The zero-order chi connectivity index (χ0) is 33.6. The van der Waals surface area contributed by atoms with Crippen molar-refractivity contribution in [1.82, 2.24) is 15.3 Å². The third-order valence-electron chi connectivity index (χ3n) is 7.74. The highest BCUT2D eigenvalue weighted by atomic mass is 35.5. The van der Waals surface area contributed by atoms with Crippen LogP contribution in [0.1, 0.15) is 46.0 Å². The third-order valence-corrected chi connectivity index (χ3v) is 8.95. The summed E-state index contributed by atoms with van der Waals surface area (Å²) >= 11 is 7.29. The summed E-state index contributed by atoms with van der Waals surface area (Å²) in [4.78, 5) is 34.7. The first-order valence-corrected chi connectivity index (χ1v) is 15.0. The van der Waals surface area contributed by atoms with Crippen LogP contribution in [0.25, 0.3) is 21.5 Å². The van der Waals surface area contributed by atoms with E-state index >= 15 is 8.78 Å². The number of hydrogen-bond acceptors (Lipinski definition) is 7. The molecule has 238 valence electrons. The highest BCUT2D eigenvalue weighted by molar-refractivity contribution is 7.18. The molecule has 0 saturated heterocycles. The molecule has 2 heterocycles. The van der Waals surface area contributed by atoms with Crippen molar-refractivity contribution in [3.05, 3.63) is 111 Å². The molecular formula is C33H28ClF3N4O4S. The molecule has 0 radical (unpaired) electrons. The Morgan fingerprint density at radius 3 is 2.39 bits per heavy atom. The van der Waals surface area contributed by atoms with Crippen molar-refractivity contribution in [3.8, 4) is 17.0 Å². The molecule has 46 heavy (non-hydrogen) atoms. The van der Waals surface area contributed by atoms with Crippen LogP contribution in [0.3, 0.4) is 0 Å². The fourth-order valence-electron chi connectivity index (χ4n) is 4.97. The molecule has 4 N–H and O–H groups in total. The number of benzene rings is 3. The molecule has 2 amide bonds. The number of aliphatic hydroxyl groups is 1. The van der Waals surface area contributed by atoms with Crippen LogP contribution >= 0.6 is 22.9 Å². The number of nitrogens with one attached hydrogen (secondary N) is 1. The summed E-state index contributed by atoms with van der Waals surface area (Å²) in [5, 5.41) is 15.3. The number of halogens is 4. The number of aryl methyl sites for hydroxylation is 1. The minimum Gasteiger partial charge on any atom is -0.494 e. The lowest BCUT2D eigenvalue weighted by molar-refractivity contribution is -0.122. The van der Waals surface area contributed by atoms with Crippen LogP contribution in [0.4, 0.5) is 13.2 Å². The fourth-order valence-corrected chi connectivity index (χ4v) is 6.02. The lowest BCUT2D eigenvalue weighted by atomic mass is 9.80. The number of nitrogens with zero attached hydrogens (tertiary/aromatic N) is 2. The summed E-state index contributed by atoms with van der Waals surface area (Å²) in [6, 6.07) is 13.7. The van der Waals surface area contributed by atoms with Crippen molar-refractivity contribution >= 4 is 45.0 Å². The maximum absolute atomic E-state index is 16.2. The van der Waals surface area contributed by atoms with E-state index < -0.39 is 63.1 Å². The SMILES string of the molecule is COc1cc(C(=O)NC[C@@](O)(c2ccccc2)c2cc(C(C)(C)C(N)=O)c(F)c(-c3cc(Cl)c(F)cc3F)n2)cc2sc(C)nc12. The van der Waals surface area contributed by atoms with Crippen molar-refractivity contribution in [3.63, 3.8) is 0 Å². The number of carbonyl (C=O) groups excluding carboxylic acids is 2. The molecule has 0 aliphatic heterocycles. The van der Waals surface area contributed by atoms with Crippen molar-refractivity contribution in [2.24, 2.45) is 5.73 Å². The van der Waals surface area contributed by atoms with Gasteiger partial charge in [0, 0.05) is 22.8 Å². The van der Waals surface area contributed by atoms with E-state index in [0.717, 1.165) is 17.1 Å². The molecule has 0 saturated carbocycles. The molecular weight excluding hydrogens is 641 g/mol. The number of ether oxygens (including phenoxy) is 1. The second-order valence-electron chi connectivity index (χ2n) is 11.1. The van der Waals surface area contributed by atoms with Crippen LogP contribution in [0.15, 0.2) is 60.7 Å². The molecule has 13 heteroatoms. The van der Waals surface area contributed by atoms with Gasteiger partial charge in [-0.1, -0.05) is 41.9 Å². The van der Waals surface area contributed by atoms with Gasteiger partial charge in [-0.2, -0.15) is 0 Å².